The van der Waals surface area contributed by atoms with Crippen LogP contribution in [0.25, 0.3) is 55.2 Å². The van der Waals surface area contributed by atoms with Gasteiger partial charge in [0.25, 0.3) is 0 Å². The summed E-state index contributed by atoms with van der Waals surface area (Å²) in [4.78, 5) is 24.7. The fourth-order valence-electron chi connectivity index (χ4n) is 4.92. The first kappa shape index (κ1) is 24.3. The smallest absolute Gasteiger partial charge is 0.181 e. The summed E-state index contributed by atoms with van der Waals surface area (Å²) < 4.78 is 13.7. The number of halogens is 1. The molecule has 40 heavy (non-hydrogen) atoms. The number of rotatable bonds is 7. The zero-order valence-electron chi connectivity index (χ0n) is 21.5. The van der Waals surface area contributed by atoms with E-state index in [9.17, 15) is 4.39 Å². The average Bonchev–Trinajstić information content (AvgIpc) is 3.71. The highest BCUT2D eigenvalue weighted by Gasteiger charge is 2.17. The molecule has 1 aromatic carbocycles. The Bertz CT molecular complexity index is 1960. The maximum atomic E-state index is 13.7. The lowest BCUT2D eigenvalue weighted by Crippen LogP contribution is -2.17. The number of H-pyrrole nitrogens is 2. The molecule has 0 fully saturated rings. The van der Waals surface area contributed by atoms with Crippen molar-refractivity contribution in [2.45, 2.75) is 13.1 Å². The molecule has 7 aromatic rings. The molecular formula is C30H23FN8S. The molecular weight excluding hydrogens is 523 g/mol. The van der Waals surface area contributed by atoms with Gasteiger partial charge in [-0.1, -0.05) is 30.3 Å². The van der Waals surface area contributed by atoms with Crippen LogP contribution in [-0.2, 0) is 13.1 Å². The summed E-state index contributed by atoms with van der Waals surface area (Å²) in [6.07, 6.45) is 8.99. The Balaban J connectivity index is 1.21. The number of thiophene rings is 1. The Kier molecular flexibility index (Phi) is 6.10. The summed E-state index contributed by atoms with van der Waals surface area (Å²) in [5.74, 6) is 0.608. The number of imidazole rings is 1. The summed E-state index contributed by atoms with van der Waals surface area (Å²) in [6, 6.07) is 17.8. The normalized spacial score (nSPS) is 11.7. The number of benzene rings is 1. The predicted octanol–water partition coefficient (Wildman–Crippen LogP) is 6.46. The molecule has 7 rings (SSSR count). The summed E-state index contributed by atoms with van der Waals surface area (Å²) in [5.41, 5.74) is 7.85. The number of aromatic nitrogens is 7. The molecule has 0 aliphatic carbocycles. The lowest BCUT2D eigenvalue weighted by atomic mass is 10.1. The van der Waals surface area contributed by atoms with Crippen molar-refractivity contribution in [3.8, 4) is 33.1 Å². The van der Waals surface area contributed by atoms with Crippen molar-refractivity contribution >= 4 is 33.4 Å². The molecule has 6 aromatic heterocycles. The zero-order valence-corrected chi connectivity index (χ0v) is 22.3. The topological polar surface area (TPSA) is 99.3 Å². The minimum absolute atomic E-state index is 0.248. The van der Waals surface area contributed by atoms with E-state index in [0.29, 0.717) is 11.5 Å². The quantitative estimate of drug-likeness (QED) is 0.238. The third-order valence-electron chi connectivity index (χ3n) is 6.76. The minimum atomic E-state index is -0.248. The van der Waals surface area contributed by atoms with Gasteiger partial charge in [-0.3, -0.25) is 20.0 Å². The first-order valence-electron chi connectivity index (χ1n) is 12.7. The van der Waals surface area contributed by atoms with Crippen LogP contribution < -0.4 is 0 Å². The number of hydrogen-bond donors (Lipinski definition) is 2. The molecule has 196 valence electrons. The fourth-order valence-corrected chi connectivity index (χ4v) is 5.66. The largest absolute Gasteiger partial charge is 0.335 e. The number of fused-ring (bicyclic) bond motifs is 2. The van der Waals surface area contributed by atoms with Crippen LogP contribution in [-0.4, -0.2) is 47.1 Å². The van der Waals surface area contributed by atoms with E-state index in [1.165, 1.54) is 11.6 Å². The van der Waals surface area contributed by atoms with Crippen LogP contribution in [0.4, 0.5) is 4.39 Å². The highest BCUT2D eigenvalue weighted by Crippen LogP contribution is 2.34. The van der Waals surface area contributed by atoms with E-state index in [0.717, 1.165) is 73.7 Å². The van der Waals surface area contributed by atoms with Crippen molar-refractivity contribution in [1.82, 2.24) is 40.0 Å². The molecule has 0 spiro atoms. The lowest BCUT2D eigenvalue weighted by molar-refractivity contribution is 0.319. The van der Waals surface area contributed by atoms with Gasteiger partial charge in [-0.05, 0) is 42.4 Å². The predicted molar refractivity (Wildman–Crippen MR) is 155 cm³/mol. The maximum Gasteiger partial charge on any atom is 0.181 e. The molecule has 0 atom stereocenters. The lowest BCUT2D eigenvalue weighted by Gasteiger charge is -2.17. The van der Waals surface area contributed by atoms with Gasteiger partial charge in [0.2, 0.25) is 0 Å². The molecule has 10 heteroatoms. The SMILES string of the molecule is CN(Cc1ccccc1)Cc1cncc(-c2cnc3n[nH]c(-c4nc5c(-c6ccc(F)s6)cncc5[nH]4)c3c2)c1. The molecule has 0 saturated carbocycles. The van der Waals surface area contributed by atoms with E-state index in [-0.39, 0.29) is 5.13 Å². The first-order valence-corrected chi connectivity index (χ1v) is 13.5. The van der Waals surface area contributed by atoms with Crippen LogP contribution in [0.15, 0.2) is 85.6 Å². The van der Waals surface area contributed by atoms with Gasteiger partial charge in [0, 0.05) is 59.4 Å². The molecule has 0 amide bonds. The highest BCUT2D eigenvalue weighted by atomic mass is 32.1. The van der Waals surface area contributed by atoms with Crippen LogP contribution in [0, 0.1) is 5.13 Å². The summed E-state index contributed by atoms with van der Waals surface area (Å²) in [7, 11) is 2.11. The number of hydrogen-bond acceptors (Lipinski definition) is 7. The number of aromatic amines is 2. The molecule has 0 radical (unpaired) electrons. The minimum Gasteiger partial charge on any atom is -0.335 e. The summed E-state index contributed by atoms with van der Waals surface area (Å²) in [5, 5.41) is 8.07. The third kappa shape index (κ3) is 4.63. The third-order valence-corrected chi connectivity index (χ3v) is 7.66. The van der Waals surface area contributed by atoms with Crippen molar-refractivity contribution in [2.75, 3.05) is 7.05 Å². The first-order chi connectivity index (χ1) is 19.6. The van der Waals surface area contributed by atoms with Gasteiger partial charge in [-0.2, -0.15) is 9.49 Å². The Morgan fingerprint density at radius 3 is 2.55 bits per heavy atom. The Morgan fingerprint density at radius 2 is 1.70 bits per heavy atom. The van der Waals surface area contributed by atoms with Gasteiger partial charge in [0.05, 0.1) is 17.1 Å². The second-order valence-electron chi connectivity index (χ2n) is 9.71. The summed E-state index contributed by atoms with van der Waals surface area (Å²) >= 11 is 1.07. The monoisotopic (exact) mass is 546 g/mol. The summed E-state index contributed by atoms with van der Waals surface area (Å²) in [6.45, 7) is 1.62. The van der Waals surface area contributed by atoms with Crippen LogP contribution in [0.1, 0.15) is 11.1 Å². The molecule has 0 unspecified atom stereocenters. The number of nitrogens with zero attached hydrogens (tertiary/aromatic N) is 6. The number of pyridine rings is 3. The van der Waals surface area contributed by atoms with Crippen molar-refractivity contribution in [1.29, 1.82) is 0 Å². The van der Waals surface area contributed by atoms with E-state index in [4.69, 9.17) is 4.98 Å². The molecule has 2 N–H and O–H groups in total. The highest BCUT2D eigenvalue weighted by molar-refractivity contribution is 7.14. The Labute approximate surface area is 232 Å². The molecule has 0 saturated heterocycles. The van der Waals surface area contributed by atoms with E-state index < -0.39 is 0 Å². The molecule has 0 aliphatic rings. The molecule has 0 bridgehead atoms. The number of nitrogens with one attached hydrogen (secondary N) is 2. The molecule has 0 aliphatic heterocycles. The molecule has 6 heterocycles. The van der Waals surface area contributed by atoms with Gasteiger partial charge < -0.3 is 4.98 Å². The van der Waals surface area contributed by atoms with Gasteiger partial charge in [-0.25, -0.2) is 9.97 Å². The van der Waals surface area contributed by atoms with Crippen LogP contribution >= 0.6 is 11.3 Å². The second-order valence-corrected chi connectivity index (χ2v) is 10.7. The van der Waals surface area contributed by atoms with Crippen molar-refractivity contribution in [3.05, 3.63) is 102 Å². The second kappa shape index (κ2) is 10.1. The van der Waals surface area contributed by atoms with E-state index in [2.05, 4.69) is 78.5 Å². The standard InChI is InChI=1S/C30H23FN8S/c1-39(16-18-5-3-2-4-6-18)17-19-9-20(12-32-11-19)21-10-22-28(37-38-29(22)34-13-21)30-35-24-15-33-14-23(27(24)36-30)25-7-8-26(31)40-25/h2-15H,16-17H2,1H3,(H,35,36)(H,34,37,38). The average molecular weight is 547 g/mol. The van der Waals surface area contributed by atoms with Gasteiger partial charge in [-0.15, -0.1) is 11.3 Å². The molecule has 8 nitrogen and oxygen atoms in total. The fraction of sp³-hybridized carbons (Fsp3) is 0.100. The van der Waals surface area contributed by atoms with E-state index in [1.54, 1.807) is 18.5 Å². The van der Waals surface area contributed by atoms with E-state index >= 15 is 0 Å². The Hall–Kier alpha value is -4.80. The van der Waals surface area contributed by atoms with Crippen molar-refractivity contribution < 1.29 is 4.39 Å². The van der Waals surface area contributed by atoms with Crippen LogP contribution in [0.5, 0.6) is 0 Å². The Morgan fingerprint density at radius 1 is 0.875 bits per heavy atom. The van der Waals surface area contributed by atoms with Gasteiger partial charge in [0.15, 0.2) is 16.6 Å². The van der Waals surface area contributed by atoms with Crippen LogP contribution in [0.3, 0.4) is 0 Å². The zero-order chi connectivity index (χ0) is 27.1. The van der Waals surface area contributed by atoms with Crippen molar-refractivity contribution in [2.24, 2.45) is 0 Å². The van der Waals surface area contributed by atoms with Crippen molar-refractivity contribution in [3.63, 3.8) is 0 Å². The van der Waals surface area contributed by atoms with Gasteiger partial charge in [0.1, 0.15) is 11.2 Å². The van der Waals surface area contributed by atoms with Crippen LogP contribution in [0.2, 0.25) is 0 Å². The maximum absolute atomic E-state index is 13.7. The van der Waals surface area contributed by atoms with Gasteiger partial charge >= 0.3 is 0 Å². The van der Waals surface area contributed by atoms with E-state index in [1.807, 2.05) is 24.7 Å².